The highest BCUT2D eigenvalue weighted by molar-refractivity contribution is 5.99. The Labute approximate surface area is 296 Å². The molecule has 0 N–H and O–H groups in total. The molecule has 0 aliphatic heterocycles. The monoisotopic (exact) mass is 643 g/mol. The number of anilines is 3. The zero-order valence-electron chi connectivity index (χ0n) is 29.5. The fourth-order valence-corrected chi connectivity index (χ4v) is 8.79. The van der Waals surface area contributed by atoms with Gasteiger partial charge in [0.15, 0.2) is 0 Å². The Kier molecular flexibility index (Phi) is 6.80. The lowest BCUT2D eigenvalue weighted by atomic mass is 9.82. The van der Waals surface area contributed by atoms with E-state index in [1.54, 1.807) is 0 Å². The summed E-state index contributed by atoms with van der Waals surface area (Å²) in [6.07, 6.45) is 0. The Morgan fingerprint density at radius 3 is 1.74 bits per heavy atom. The average molecular weight is 644 g/mol. The maximum atomic E-state index is 2.55. The second-order valence-corrected chi connectivity index (χ2v) is 15.0. The van der Waals surface area contributed by atoms with Crippen LogP contribution < -0.4 is 4.90 Å². The predicted octanol–water partition coefficient (Wildman–Crippen LogP) is 13.4. The molecule has 0 radical (unpaired) electrons. The van der Waals surface area contributed by atoms with Crippen molar-refractivity contribution in [3.63, 3.8) is 0 Å². The largest absolute Gasteiger partial charge is 0.309 e. The van der Waals surface area contributed by atoms with Gasteiger partial charge in [-0.25, -0.2) is 0 Å². The van der Waals surface area contributed by atoms with E-state index in [9.17, 15) is 0 Å². The van der Waals surface area contributed by atoms with Gasteiger partial charge < -0.3 is 4.90 Å². The smallest absolute Gasteiger partial charge is 0.0543 e. The maximum absolute atomic E-state index is 2.55. The van der Waals surface area contributed by atoms with Gasteiger partial charge in [0.2, 0.25) is 0 Å². The molecule has 0 bridgehead atoms. The summed E-state index contributed by atoms with van der Waals surface area (Å²) in [4.78, 5) is 2.55. The molecule has 7 aromatic rings. The molecule has 50 heavy (non-hydrogen) atoms. The lowest BCUT2D eigenvalue weighted by Gasteiger charge is -2.32. The molecule has 0 unspecified atom stereocenters. The zero-order valence-corrected chi connectivity index (χ0v) is 29.5. The minimum absolute atomic E-state index is 0.106. The molecule has 2 aliphatic carbocycles. The van der Waals surface area contributed by atoms with Crippen LogP contribution in [-0.2, 0) is 10.8 Å². The van der Waals surface area contributed by atoms with E-state index in [-0.39, 0.29) is 10.8 Å². The highest BCUT2D eigenvalue weighted by Crippen LogP contribution is 2.56. The fraction of sp³-hybridized carbons (Fsp3) is 0.143. The summed E-state index contributed by atoms with van der Waals surface area (Å²) < 4.78 is 0. The van der Waals surface area contributed by atoms with E-state index in [2.05, 4.69) is 197 Å². The van der Waals surface area contributed by atoms with Crippen LogP contribution in [0.5, 0.6) is 0 Å². The van der Waals surface area contributed by atoms with Gasteiger partial charge in [0.05, 0.1) is 11.4 Å². The van der Waals surface area contributed by atoms with Gasteiger partial charge >= 0.3 is 0 Å². The van der Waals surface area contributed by atoms with Crippen LogP contribution in [0.15, 0.2) is 158 Å². The zero-order chi connectivity index (χ0) is 34.2. The molecule has 2 aliphatic rings. The second-order valence-electron chi connectivity index (χ2n) is 15.0. The van der Waals surface area contributed by atoms with Crippen LogP contribution in [0.1, 0.15) is 55.5 Å². The lowest BCUT2D eigenvalue weighted by Crippen LogP contribution is -2.18. The van der Waals surface area contributed by atoms with Crippen LogP contribution in [-0.4, -0.2) is 0 Å². The molecule has 0 fully saturated rings. The standard InChI is InChI=1S/C49H41N/c1-32-16-9-10-19-36(32)40-30-34(33-17-7-6-8-18-33)26-29-45(40)50(35-27-28-38-37-20-11-13-22-41(37)49(4,5)44(38)31-35)46-25-15-24-43-47(46)39-21-12-14-23-42(39)48(43,2)3/h6-31H,1-5H3. The maximum Gasteiger partial charge on any atom is 0.0543 e. The first-order valence-electron chi connectivity index (χ1n) is 17.8. The van der Waals surface area contributed by atoms with Gasteiger partial charge in [0.25, 0.3) is 0 Å². The molecule has 0 saturated heterocycles. The Hall–Kier alpha value is -5.66. The minimum Gasteiger partial charge on any atom is -0.309 e. The summed E-state index contributed by atoms with van der Waals surface area (Å²) in [5, 5.41) is 0. The normalized spacial score (nSPS) is 14.4. The van der Waals surface area contributed by atoms with E-state index < -0.39 is 0 Å². The van der Waals surface area contributed by atoms with E-state index in [0.29, 0.717) is 0 Å². The van der Waals surface area contributed by atoms with Gasteiger partial charge in [-0.15, -0.1) is 0 Å². The van der Waals surface area contributed by atoms with Crippen molar-refractivity contribution in [2.24, 2.45) is 0 Å². The molecule has 0 atom stereocenters. The summed E-state index contributed by atoms with van der Waals surface area (Å²) >= 11 is 0. The van der Waals surface area contributed by atoms with Gasteiger partial charge in [-0.05, 0) is 98.5 Å². The molecular formula is C49H41N. The highest BCUT2D eigenvalue weighted by Gasteiger charge is 2.39. The molecule has 0 heterocycles. The topological polar surface area (TPSA) is 3.24 Å². The lowest BCUT2D eigenvalue weighted by molar-refractivity contribution is 0.660. The number of hydrogen-bond acceptors (Lipinski definition) is 1. The molecule has 7 aromatic carbocycles. The van der Waals surface area contributed by atoms with Crippen molar-refractivity contribution in [1.82, 2.24) is 0 Å². The molecule has 1 nitrogen and oxygen atoms in total. The number of fused-ring (bicyclic) bond motifs is 6. The van der Waals surface area contributed by atoms with Crippen molar-refractivity contribution in [1.29, 1.82) is 0 Å². The minimum atomic E-state index is -0.114. The number of aryl methyl sites for hydroxylation is 1. The fourth-order valence-electron chi connectivity index (χ4n) is 8.79. The second kappa shape index (κ2) is 11.2. The third-order valence-corrected chi connectivity index (χ3v) is 11.4. The Morgan fingerprint density at radius 2 is 0.980 bits per heavy atom. The number of nitrogens with zero attached hydrogens (tertiary/aromatic N) is 1. The Balaban J connectivity index is 1.36. The van der Waals surface area contributed by atoms with E-state index in [4.69, 9.17) is 0 Å². The van der Waals surface area contributed by atoms with Gasteiger partial charge in [0, 0.05) is 27.6 Å². The van der Waals surface area contributed by atoms with Gasteiger partial charge in [-0.2, -0.15) is 0 Å². The molecule has 242 valence electrons. The van der Waals surface area contributed by atoms with E-state index in [1.165, 1.54) is 89.4 Å². The SMILES string of the molecule is Cc1ccccc1-c1cc(-c2ccccc2)ccc1N(c1ccc2c(c1)C(C)(C)c1ccccc1-2)c1cccc2c1-c1ccccc1C2(C)C. The number of rotatable bonds is 5. The van der Waals surface area contributed by atoms with Crippen LogP contribution in [0, 0.1) is 6.92 Å². The van der Waals surface area contributed by atoms with Gasteiger partial charge in [-0.3, -0.25) is 0 Å². The molecule has 9 rings (SSSR count). The van der Waals surface area contributed by atoms with Crippen LogP contribution >= 0.6 is 0 Å². The molecular weight excluding hydrogens is 603 g/mol. The summed E-state index contributed by atoms with van der Waals surface area (Å²) in [5.41, 5.74) is 20.3. The van der Waals surface area contributed by atoms with Crippen molar-refractivity contribution < 1.29 is 0 Å². The Morgan fingerprint density at radius 1 is 0.380 bits per heavy atom. The first-order valence-corrected chi connectivity index (χ1v) is 17.8. The molecule has 0 spiro atoms. The summed E-state index contributed by atoms with van der Waals surface area (Å²) in [5.74, 6) is 0. The highest BCUT2D eigenvalue weighted by atomic mass is 15.1. The van der Waals surface area contributed by atoms with Crippen molar-refractivity contribution in [2.45, 2.75) is 45.4 Å². The third kappa shape index (κ3) is 4.46. The molecule has 0 amide bonds. The quantitative estimate of drug-likeness (QED) is 0.180. The van der Waals surface area contributed by atoms with E-state index in [0.717, 1.165) is 0 Å². The van der Waals surface area contributed by atoms with Crippen LogP contribution in [0.25, 0.3) is 44.5 Å². The summed E-state index contributed by atoms with van der Waals surface area (Å²) in [6, 6.07) is 58.6. The van der Waals surface area contributed by atoms with E-state index in [1.807, 2.05) is 0 Å². The van der Waals surface area contributed by atoms with Crippen molar-refractivity contribution in [3.8, 4) is 44.5 Å². The van der Waals surface area contributed by atoms with Gasteiger partial charge in [-0.1, -0.05) is 155 Å². The summed E-state index contributed by atoms with van der Waals surface area (Å²) in [6.45, 7) is 11.7. The van der Waals surface area contributed by atoms with Crippen LogP contribution in [0.2, 0.25) is 0 Å². The molecule has 0 saturated carbocycles. The van der Waals surface area contributed by atoms with Crippen LogP contribution in [0.4, 0.5) is 17.1 Å². The van der Waals surface area contributed by atoms with Crippen molar-refractivity contribution in [3.05, 3.63) is 186 Å². The molecule has 1 heteroatoms. The summed E-state index contributed by atoms with van der Waals surface area (Å²) in [7, 11) is 0. The average Bonchev–Trinajstić information content (AvgIpc) is 3.52. The van der Waals surface area contributed by atoms with E-state index >= 15 is 0 Å². The van der Waals surface area contributed by atoms with Crippen molar-refractivity contribution >= 4 is 17.1 Å². The van der Waals surface area contributed by atoms with Crippen molar-refractivity contribution in [2.75, 3.05) is 4.90 Å². The first kappa shape index (κ1) is 30.4. The third-order valence-electron chi connectivity index (χ3n) is 11.4. The van der Waals surface area contributed by atoms with Crippen LogP contribution in [0.3, 0.4) is 0 Å². The Bertz CT molecular complexity index is 2450. The molecule has 0 aromatic heterocycles. The number of hydrogen-bond donors (Lipinski definition) is 0. The van der Waals surface area contributed by atoms with Gasteiger partial charge in [0.1, 0.15) is 0 Å². The predicted molar refractivity (Wildman–Crippen MR) is 212 cm³/mol. The first-order chi connectivity index (χ1) is 24.2. The number of benzene rings is 7.